The molecule has 0 aliphatic carbocycles. The molecular formula is C16H22O5. The van der Waals surface area contributed by atoms with Crippen molar-refractivity contribution in [1.82, 2.24) is 0 Å². The van der Waals surface area contributed by atoms with Gasteiger partial charge in [-0.05, 0) is 37.3 Å². The van der Waals surface area contributed by atoms with Crippen molar-refractivity contribution in [2.24, 2.45) is 0 Å². The number of rotatable bonds is 9. The molecule has 0 radical (unpaired) electrons. The van der Waals surface area contributed by atoms with Crippen LogP contribution in [0, 0.1) is 0 Å². The van der Waals surface area contributed by atoms with E-state index in [9.17, 15) is 19.8 Å². The third-order valence-corrected chi connectivity index (χ3v) is 3.33. The molecule has 116 valence electrons. The van der Waals surface area contributed by atoms with E-state index in [1.807, 2.05) is 6.92 Å². The number of carboxylic acids is 1. The largest absolute Gasteiger partial charge is 0.508 e. The Hall–Kier alpha value is -2.04. The fourth-order valence-corrected chi connectivity index (χ4v) is 2.33. The molecule has 1 aromatic rings. The molecule has 0 atom stereocenters. The number of hydrogen-bond acceptors (Lipinski definition) is 4. The Morgan fingerprint density at radius 1 is 1.05 bits per heavy atom. The Balaban J connectivity index is 2.52. The predicted octanol–water partition coefficient (Wildman–Crippen LogP) is 3.27. The average molecular weight is 294 g/mol. The van der Waals surface area contributed by atoms with Crippen LogP contribution in [0.3, 0.4) is 0 Å². The Labute approximate surface area is 124 Å². The summed E-state index contributed by atoms with van der Waals surface area (Å²) >= 11 is 0. The van der Waals surface area contributed by atoms with Gasteiger partial charge in [0.15, 0.2) is 0 Å². The average Bonchev–Trinajstić information content (AvgIpc) is 2.37. The number of carbonyl (C=O) groups is 2. The monoisotopic (exact) mass is 294 g/mol. The number of phenolic OH excluding ortho intramolecular Hbond substituents is 1. The van der Waals surface area contributed by atoms with Crippen LogP contribution in [0.1, 0.15) is 61.4 Å². The van der Waals surface area contributed by atoms with E-state index < -0.39 is 11.7 Å². The number of benzene rings is 1. The lowest BCUT2D eigenvalue weighted by Crippen LogP contribution is -2.03. The van der Waals surface area contributed by atoms with Gasteiger partial charge in [0.05, 0.1) is 0 Å². The van der Waals surface area contributed by atoms with Gasteiger partial charge in [0.25, 0.3) is 0 Å². The maximum absolute atomic E-state index is 11.4. The molecule has 0 spiro atoms. The molecular weight excluding hydrogens is 272 g/mol. The third kappa shape index (κ3) is 5.45. The fraction of sp³-hybridized carbons (Fsp3) is 0.500. The van der Waals surface area contributed by atoms with Crippen LogP contribution in [0.2, 0.25) is 0 Å². The van der Waals surface area contributed by atoms with Gasteiger partial charge in [-0.2, -0.15) is 0 Å². The standard InChI is InChI=1S/C16H22O5/c1-2-6-12(17)8-5-3-4-7-11-9-13(18)10-14(19)15(11)16(20)21/h9-10,18-19H,2-8H2,1H3,(H,20,21). The van der Waals surface area contributed by atoms with Crippen LogP contribution in [-0.2, 0) is 11.2 Å². The highest BCUT2D eigenvalue weighted by molar-refractivity contribution is 5.92. The molecule has 0 aliphatic rings. The molecule has 3 N–H and O–H groups in total. The van der Waals surface area contributed by atoms with E-state index in [2.05, 4.69) is 0 Å². The summed E-state index contributed by atoms with van der Waals surface area (Å²) in [5.74, 6) is -1.51. The lowest BCUT2D eigenvalue weighted by atomic mass is 9.99. The second kappa shape index (κ2) is 8.29. The minimum Gasteiger partial charge on any atom is -0.508 e. The zero-order valence-corrected chi connectivity index (χ0v) is 12.3. The van der Waals surface area contributed by atoms with Crippen molar-refractivity contribution in [3.05, 3.63) is 23.3 Å². The van der Waals surface area contributed by atoms with Crippen molar-refractivity contribution < 1.29 is 24.9 Å². The van der Waals surface area contributed by atoms with Gasteiger partial charge >= 0.3 is 5.97 Å². The molecule has 0 amide bonds. The molecule has 0 bridgehead atoms. The highest BCUT2D eigenvalue weighted by Gasteiger charge is 2.16. The smallest absolute Gasteiger partial charge is 0.339 e. The van der Waals surface area contributed by atoms with E-state index in [0.29, 0.717) is 31.2 Å². The quantitative estimate of drug-likeness (QED) is 0.608. The molecule has 0 aromatic heterocycles. The maximum atomic E-state index is 11.4. The lowest BCUT2D eigenvalue weighted by Gasteiger charge is -2.09. The number of carbonyl (C=O) groups excluding carboxylic acids is 1. The number of Topliss-reactive ketones (excluding diaryl/α,β-unsaturated/α-hetero) is 1. The molecule has 5 nitrogen and oxygen atoms in total. The van der Waals surface area contributed by atoms with E-state index >= 15 is 0 Å². The first-order chi connectivity index (χ1) is 9.95. The number of ketones is 1. The van der Waals surface area contributed by atoms with Crippen molar-refractivity contribution in [3.63, 3.8) is 0 Å². The zero-order chi connectivity index (χ0) is 15.8. The van der Waals surface area contributed by atoms with Crippen LogP contribution < -0.4 is 0 Å². The Morgan fingerprint density at radius 2 is 1.76 bits per heavy atom. The van der Waals surface area contributed by atoms with Crippen LogP contribution in [0.15, 0.2) is 12.1 Å². The molecule has 0 heterocycles. The molecule has 5 heteroatoms. The van der Waals surface area contributed by atoms with Crippen molar-refractivity contribution in [2.45, 2.75) is 51.9 Å². The number of aryl methyl sites for hydroxylation is 1. The van der Waals surface area contributed by atoms with Crippen molar-refractivity contribution >= 4 is 11.8 Å². The van der Waals surface area contributed by atoms with Gasteiger partial charge < -0.3 is 15.3 Å². The third-order valence-electron chi connectivity index (χ3n) is 3.33. The van der Waals surface area contributed by atoms with Crippen molar-refractivity contribution in [2.75, 3.05) is 0 Å². The number of carboxylic acid groups (broad SMARTS) is 1. The van der Waals surface area contributed by atoms with E-state index in [1.54, 1.807) is 0 Å². The summed E-state index contributed by atoms with van der Waals surface area (Å²) in [7, 11) is 0. The molecule has 0 fully saturated rings. The van der Waals surface area contributed by atoms with Crippen LogP contribution in [-0.4, -0.2) is 27.1 Å². The van der Waals surface area contributed by atoms with Crippen molar-refractivity contribution in [1.29, 1.82) is 0 Å². The van der Waals surface area contributed by atoms with E-state index in [1.165, 1.54) is 6.07 Å². The Kier molecular flexibility index (Phi) is 6.72. The van der Waals surface area contributed by atoms with Gasteiger partial charge in [-0.25, -0.2) is 4.79 Å². The van der Waals surface area contributed by atoms with Gasteiger partial charge in [-0.1, -0.05) is 13.3 Å². The minimum atomic E-state index is -1.21. The highest BCUT2D eigenvalue weighted by Crippen LogP contribution is 2.28. The molecule has 0 aliphatic heterocycles. The summed E-state index contributed by atoms with van der Waals surface area (Å²) in [4.78, 5) is 22.5. The molecule has 0 saturated carbocycles. The van der Waals surface area contributed by atoms with Gasteiger partial charge in [0.1, 0.15) is 22.8 Å². The first kappa shape index (κ1) is 17.0. The Morgan fingerprint density at radius 3 is 2.38 bits per heavy atom. The fourth-order valence-electron chi connectivity index (χ4n) is 2.33. The van der Waals surface area contributed by atoms with Gasteiger partial charge in [-0.15, -0.1) is 0 Å². The predicted molar refractivity (Wildman–Crippen MR) is 78.8 cm³/mol. The number of aromatic hydroxyl groups is 2. The second-order valence-corrected chi connectivity index (χ2v) is 5.15. The normalized spacial score (nSPS) is 10.5. The number of hydrogen-bond donors (Lipinski definition) is 3. The maximum Gasteiger partial charge on any atom is 0.339 e. The summed E-state index contributed by atoms with van der Waals surface area (Å²) < 4.78 is 0. The summed E-state index contributed by atoms with van der Waals surface area (Å²) in [5, 5.41) is 28.1. The SMILES string of the molecule is CCCC(=O)CCCCCc1cc(O)cc(O)c1C(=O)O. The second-order valence-electron chi connectivity index (χ2n) is 5.15. The molecule has 0 saturated heterocycles. The molecule has 0 unspecified atom stereocenters. The lowest BCUT2D eigenvalue weighted by molar-refractivity contribution is -0.119. The van der Waals surface area contributed by atoms with Crippen LogP contribution >= 0.6 is 0 Å². The highest BCUT2D eigenvalue weighted by atomic mass is 16.4. The number of aromatic carboxylic acids is 1. The first-order valence-electron chi connectivity index (χ1n) is 7.25. The summed E-state index contributed by atoms with van der Waals surface area (Å²) in [6.45, 7) is 1.97. The summed E-state index contributed by atoms with van der Waals surface area (Å²) in [6.07, 6.45) is 4.79. The van der Waals surface area contributed by atoms with Crippen molar-refractivity contribution in [3.8, 4) is 11.5 Å². The van der Waals surface area contributed by atoms with Gasteiger partial charge in [0.2, 0.25) is 0 Å². The van der Waals surface area contributed by atoms with E-state index in [0.717, 1.165) is 25.3 Å². The Bertz CT molecular complexity index is 508. The van der Waals surface area contributed by atoms with E-state index in [4.69, 9.17) is 5.11 Å². The van der Waals surface area contributed by atoms with Gasteiger partial charge in [0, 0.05) is 18.9 Å². The summed E-state index contributed by atoms with van der Waals surface area (Å²) in [6, 6.07) is 2.39. The zero-order valence-electron chi connectivity index (χ0n) is 12.3. The minimum absolute atomic E-state index is 0.148. The summed E-state index contributed by atoms with van der Waals surface area (Å²) in [5.41, 5.74) is 0.259. The van der Waals surface area contributed by atoms with E-state index in [-0.39, 0.29) is 17.1 Å². The first-order valence-corrected chi connectivity index (χ1v) is 7.25. The van der Waals surface area contributed by atoms with Gasteiger partial charge in [-0.3, -0.25) is 4.79 Å². The molecule has 21 heavy (non-hydrogen) atoms. The van der Waals surface area contributed by atoms with Crippen LogP contribution in [0.25, 0.3) is 0 Å². The topological polar surface area (TPSA) is 94.8 Å². The van der Waals surface area contributed by atoms with Crippen LogP contribution in [0.4, 0.5) is 0 Å². The number of unbranched alkanes of at least 4 members (excludes halogenated alkanes) is 2. The molecule has 1 rings (SSSR count). The number of phenols is 2. The molecule has 1 aromatic carbocycles. The van der Waals surface area contributed by atoms with Crippen LogP contribution in [0.5, 0.6) is 11.5 Å².